The Kier molecular flexibility index (Phi) is 3.37. The van der Waals surface area contributed by atoms with Crippen LogP contribution in [0, 0.1) is 0 Å². The average molecular weight is 211 g/mol. The average Bonchev–Trinajstić information content (AvgIpc) is 2.39. The molecule has 2 aromatic rings. The van der Waals surface area contributed by atoms with E-state index < -0.39 is 0 Å². The quantitative estimate of drug-likeness (QED) is 0.817. The SMILES string of the molecule is CNC(C)c1cccc(-c2ccccc2)c1. The van der Waals surface area contributed by atoms with Crippen molar-refractivity contribution in [2.45, 2.75) is 13.0 Å². The van der Waals surface area contributed by atoms with Crippen molar-refractivity contribution >= 4 is 0 Å². The van der Waals surface area contributed by atoms with Crippen molar-refractivity contribution in [3.05, 3.63) is 60.2 Å². The molecule has 2 rings (SSSR count). The van der Waals surface area contributed by atoms with Crippen LogP contribution in [-0.4, -0.2) is 7.05 Å². The van der Waals surface area contributed by atoms with Gasteiger partial charge in [0.15, 0.2) is 0 Å². The van der Waals surface area contributed by atoms with Gasteiger partial charge in [0.05, 0.1) is 0 Å². The van der Waals surface area contributed by atoms with Crippen molar-refractivity contribution < 1.29 is 0 Å². The summed E-state index contributed by atoms with van der Waals surface area (Å²) in [6.45, 7) is 2.17. The molecule has 1 nitrogen and oxygen atoms in total. The molecule has 0 fully saturated rings. The van der Waals surface area contributed by atoms with Gasteiger partial charge in [-0.25, -0.2) is 0 Å². The van der Waals surface area contributed by atoms with E-state index in [2.05, 4.69) is 60.8 Å². The van der Waals surface area contributed by atoms with E-state index in [0.717, 1.165) is 0 Å². The third kappa shape index (κ3) is 2.31. The summed E-state index contributed by atoms with van der Waals surface area (Å²) in [5, 5.41) is 3.26. The molecule has 0 radical (unpaired) electrons. The Hall–Kier alpha value is -1.60. The molecule has 1 atom stereocenters. The van der Waals surface area contributed by atoms with Crippen LogP contribution in [0.15, 0.2) is 54.6 Å². The largest absolute Gasteiger partial charge is 0.313 e. The first-order chi connectivity index (χ1) is 7.81. The molecule has 0 aliphatic heterocycles. The monoisotopic (exact) mass is 211 g/mol. The topological polar surface area (TPSA) is 12.0 Å². The molecule has 16 heavy (non-hydrogen) atoms. The molecule has 0 spiro atoms. The first kappa shape index (κ1) is 10.9. The summed E-state index contributed by atoms with van der Waals surface area (Å²) in [5.41, 5.74) is 3.87. The summed E-state index contributed by atoms with van der Waals surface area (Å²) in [5.74, 6) is 0. The van der Waals surface area contributed by atoms with Gasteiger partial charge in [0.1, 0.15) is 0 Å². The summed E-state index contributed by atoms with van der Waals surface area (Å²) in [4.78, 5) is 0. The minimum atomic E-state index is 0.392. The number of hydrogen-bond donors (Lipinski definition) is 1. The second-order valence-corrected chi connectivity index (χ2v) is 4.00. The number of hydrogen-bond acceptors (Lipinski definition) is 1. The Bertz CT molecular complexity index is 448. The highest BCUT2D eigenvalue weighted by atomic mass is 14.8. The molecule has 0 aliphatic carbocycles. The zero-order valence-electron chi connectivity index (χ0n) is 9.77. The summed E-state index contributed by atoms with van der Waals surface area (Å²) >= 11 is 0. The van der Waals surface area contributed by atoms with Crippen molar-refractivity contribution in [2.24, 2.45) is 0 Å². The summed E-state index contributed by atoms with van der Waals surface area (Å²) < 4.78 is 0. The molecule has 1 unspecified atom stereocenters. The standard InChI is InChI=1S/C15H17N/c1-12(16-2)14-9-6-10-15(11-14)13-7-4-3-5-8-13/h3-12,16H,1-2H3. The van der Waals surface area contributed by atoms with Gasteiger partial charge in [-0.2, -0.15) is 0 Å². The van der Waals surface area contributed by atoms with E-state index in [-0.39, 0.29) is 0 Å². The van der Waals surface area contributed by atoms with Crippen LogP contribution >= 0.6 is 0 Å². The summed E-state index contributed by atoms with van der Waals surface area (Å²) in [6, 6.07) is 19.5. The lowest BCUT2D eigenvalue weighted by atomic mass is 10.0. The van der Waals surface area contributed by atoms with Gasteiger partial charge in [-0.05, 0) is 36.7 Å². The van der Waals surface area contributed by atoms with Crippen LogP contribution in [-0.2, 0) is 0 Å². The van der Waals surface area contributed by atoms with E-state index in [1.54, 1.807) is 0 Å². The third-order valence-corrected chi connectivity index (χ3v) is 2.93. The predicted molar refractivity (Wildman–Crippen MR) is 69.4 cm³/mol. The fourth-order valence-electron chi connectivity index (χ4n) is 1.78. The first-order valence-corrected chi connectivity index (χ1v) is 5.64. The Labute approximate surface area is 97.1 Å². The highest BCUT2D eigenvalue weighted by molar-refractivity contribution is 5.64. The van der Waals surface area contributed by atoms with Gasteiger partial charge in [-0.1, -0.05) is 48.5 Å². The van der Waals surface area contributed by atoms with Gasteiger partial charge in [-0.3, -0.25) is 0 Å². The molecule has 2 aromatic carbocycles. The van der Waals surface area contributed by atoms with Crippen LogP contribution in [0.25, 0.3) is 11.1 Å². The summed E-state index contributed by atoms with van der Waals surface area (Å²) in [7, 11) is 1.99. The maximum Gasteiger partial charge on any atom is 0.0289 e. The highest BCUT2D eigenvalue weighted by Gasteiger charge is 2.03. The highest BCUT2D eigenvalue weighted by Crippen LogP contribution is 2.22. The smallest absolute Gasteiger partial charge is 0.0289 e. The van der Waals surface area contributed by atoms with E-state index >= 15 is 0 Å². The number of benzene rings is 2. The lowest BCUT2D eigenvalue weighted by Crippen LogP contribution is -2.12. The van der Waals surface area contributed by atoms with Gasteiger partial charge in [-0.15, -0.1) is 0 Å². The van der Waals surface area contributed by atoms with Crippen LogP contribution < -0.4 is 5.32 Å². The molecule has 1 heteroatoms. The Balaban J connectivity index is 2.36. The van der Waals surface area contributed by atoms with E-state index in [9.17, 15) is 0 Å². The van der Waals surface area contributed by atoms with Crippen LogP contribution in [0.4, 0.5) is 0 Å². The van der Waals surface area contributed by atoms with Crippen molar-refractivity contribution in [3.8, 4) is 11.1 Å². The van der Waals surface area contributed by atoms with Gasteiger partial charge in [0, 0.05) is 6.04 Å². The zero-order valence-corrected chi connectivity index (χ0v) is 9.77. The minimum Gasteiger partial charge on any atom is -0.313 e. The van der Waals surface area contributed by atoms with Crippen molar-refractivity contribution in [1.82, 2.24) is 5.32 Å². The molecule has 0 aromatic heterocycles. The molecule has 0 saturated heterocycles. The van der Waals surface area contributed by atoms with Crippen LogP contribution in [0.2, 0.25) is 0 Å². The van der Waals surface area contributed by atoms with Gasteiger partial charge >= 0.3 is 0 Å². The van der Waals surface area contributed by atoms with Crippen molar-refractivity contribution in [3.63, 3.8) is 0 Å². The summed E-state index contributed by atoms with van der Waals surface area (Å²) in [6.07, 6.45) is 0. The second kappa shape index (κ2) is 4.95. The van der Waals surface area contributed by atoms with E-state index in [0.29, 0.717) is 6.04 Å². The molecule has 0 amide bonds. The Morgan fingerprint density at radius 3 is 2.25 bits per heavy atom. The number of nitrogens with one attached hydrogen (secondary N) is 1. The third-order valence-electron chi connectivity index (χ3n) is 2.93. The van der Waals surface area contributed by atoms with Crippen LogP contribution in [0.3, 0.4) is 0 Å². The second-order valence-electron chi connectivity index (χ2n) is 4.00. The molecule has 0 saturated carbocycles. The lowest BCUT2D eigenvalue weighted by Gasteiger charge is -2.12. The minimum absolute atomic E-state index is 0.392. The fraction of sp³-hybridized carbons (Fsp3) is 0.200. The van der Waals surface area contributed by atoms with Crippen LogP contribution in [0.5, 0.6) is 0 Å². The van der Waals surface area contributed by atoms with Crippen molar-refractivity contribution in [2.75, 3.05) is 7.05 Å². The molecular weight excluding hydrogens is 194 g/mol. The Morgan fingerprint density at radius 1 is 0.875 bits per heavy atom. The Morgan fingerprint density at radius 2 is 1.56 bits per heavy atom. The van der Waals surface area contributed by atoms with Crippen LogP contribution in [0.1, 0.15) is 18.5 Å². The maximum atomic E-state index is 3.26. The normalized spacial score (nSPS) is 12.4. The van der Waals surface area contributed by atoms with Gasteiger partial charge in [0.2, 0.25) is 0 Å². The lowest BCUT2D eigenvalue weighted by molar-refractivity contribution is 0.652. The zero-order chi connectivity index (χ0) is 11.4. The predicted octanol–water partition coefficient (Wildman–Crippen LogP) is 3.63. The molecule has 0 heterocycles. The van der Waals surface area contributed by atoms with E-state index in [1.165, 1.54) is 16.7 Å². The first-order valence-electron chi connectivity index (χ1n) is 5.64. The fourth-order valence-corrected chi connectivity index (χ4v) is 1.78. The number of rotatable bonds is 3. The molecule has 1 N–H and O–H groups in total. The van der Waals surface area contributed by atoms with Crippen molar-refractivity contribution in [1.29, 1.82) is 0 Å². The van der Waals surface area contributed by atoms with Gasteiger partial charge in [0.25, 0.3) is 0 Å². The molecule has 82 valence electrons. The van der Waals surface area contributed by atoms with Gasteiger partial charge < -0.3 is 5.32 Å². The maximum absolute atomic E-state index is 3.26. The van der Waals surface area contributed by atoms with E-state index in [4.69, 9.17) is 0 Å². The van der Waals surface area contributed by atoms with E-state index in [1.807, 2.05) is 13.1 Å². The molecule has 0 aliphatic rings. The molecular formula is C15H17N. The molecule has 0 bridgehead atoms.